The Balaban J connectivity index is 1.97. The van der Waals surface area contributed by atoms with Crippen LogP contribution < -0.4 is 11.5 Å². The Labute approximate surface area is 145 Å². The van der Waals surface area contributed by atoms with Crippen molar-refractivity contribution in [1.82, 2.24) is 0 Å². The molecule has 4 N–H and O–H groups in total. The Morgan fingerprint density at radius 2 is 1.67 bits per heavy atom. The third-order valence-electron chi connectivity index (χ3n) is 4.28. The zero-order valence-electron chi connectivity index (χ0n) is 15.6. The third-order valence-corrected chi connectivity index (χ3v) is 4.28. The largest absolute Gasteiger partial charge is 0.472 e. The quantitative estimate of drug-likeness (QED) is 0.750. The standard InChI is InChI=1S/C20H32N2O2/c1-19(2,3)11-17(22)18-7-6-15(24-18)10-20(4,5)12-16(21)14-8-9-23-13-14/h6-9,13,16-17H,10-12,21-22H2,1-5H3. The lowest BCUT2D eigenvalue weighted by Crippen LogP contribution is -2.23. The zero-order valence-corrected chi connectivity index (χ0v) is 15.6. The molecule has 0 aliphatic carbocycles. The first-order valence-electron chi connectivity index (χ1n) is 8.68. The van der Waals surface area contributed by atoms with Crippen molar-refractivity contribution in [3.63, 3.8) is 0 Å². The molecule has 0 bridgehead atoms. The summed E-state index contributed by atoms with van der Waals surface area (Å²) in [5, 5.41) is 0. The topological polar surface area (TPSA) is 78.3 Å². The Morgan fingerprint density at radius 3 is 2.25 bits per heavy atom. The molecule has 0 radical (unpaired) electrons. The first-order valence-corrected chi connectivity index (χ1v) is 8.68. The van der Waals surface area contributed by atoms with E-state index in [1.54, 1.807) is 12.5 Å². The van der Waals surface area contributed by atoms with E-state index >= 15 is 0 Å². The van der Waals surface area contributed by atoms with Gasteiger partial charge in [-0.1, -0.05) is 34.6 Å². The Hall–Kier alpha value is -1.52. The van der Waals surface area contributed by atoms with Crippen molar-refractivity contribution in [2.75, 3.05) is 0 Å². The van der Waals surface area contributed by atoms with Gasteiger partial charge in [-0.3, -0.25) is 0 Å². The van der Waals surface area contributed by atoms with Gasteiger partial charge in [-0.2, -0.15) is 0 Å². The van der Waals surface area contributed by atoms with E-state index in [9.17, 15) is 0 Å². The molecule has 0 aromatic carbocycles. The monoisotopic (exact) mass is 332 g/mol. The number of rotatable bonds is 7. The summed E-state index contributed by atoms with van der Waals surface area (Å²) >= 11 is 0. The summed E-state index contributed by atoms with van der Waals surface area (Å²) in [6, 6.07) is 5.89. The maximum Gasteiger partial charge on any atom is 0.120 e. The van der Waals surface area contributed by atoms with Crippen molar-refractivity contribution in [3.8, 4) is 0 Å². The molecule has 0 aliphatic heterocycles. The van der Waals surface area contributed by atoms with E-state index in [-0.39, 0.29) is 22.9 Å². The third kappa shape index (κ3) is 5.53. The maximum absolute atomic E-state index is 6.29. The fourth-order valence-electron chi connectivity index (χ4n) is 3.19. The normalized spacial score (nSPS) is 15.5. The molecule has 2 unspecified atom stereocenters. The van der Waals surface area contributed by atoms with Crippen molar-refractivity contribution in [3.05, 3.63) is 47.8 Å². The molecular formula is C20H32N2O2. The lowest BCUT2D eigenvalue weighted by atomic mass is 9.81. The van der Waals surface area contributed by atoms with Crippen LogP contribution in [-0.4, -0.2) is 0 Å². The molecular weight excluding hydrogens is 300 g/mol. The predicted molar refractivity (Wildman–Crippen MR) is 97.4 cm³/mol. The predicted octanol–water partition coefficient (Wildman–Crippen LogP) is 4.97. The lowest BCUT2D eigenvalue weighted by Gasteiger charge is -2.27. The average Bonchev–Trinajstić information content (AvgIpc) is 3.05. The molecule has 2 atom stereocenters. The highest BCUT2D eigenvalue weighted by Gasteiger charge is 2.26. The van der Waals surface area contributed by atoms with Crippen molar-refractivity contribution in [1.29, 1.82) is 0 Å². The van der Waals surface area contributed by atoms with Gasteiger partial charge in [0.25, 0.3) is 0 Å². The van der Waals surface area contributed by atoms with Gasteiger partial charge in [0.1, 0.15) is 11.5 Å². The molecule has 0 aliphatic rings. The van der Waals surface area contributed by atoms with Crippen molar-refractivity contribution in [2.45, 2.75) is 66.0 Å². The summed E-state index contributed by atoms with van der Waals surface area (Å²) in [5.74, 6) is 1.84. The average molecular weight is 332 g/mol. The van der Waals surface area contributed by atoms with Gasteiger partial charge >= 0.3 is 0 Å². The van der Waals surface area contributed by atoms with Crippen molar-refractivity contribution >= 4 is 0 Å². The van der Waals surface area contributed by atoms with Crippen LogP contribution in [0.5, 0.6) is 0 Å². The smallest absolute Gasteiger partial charge is 0.120 e. The molecule has 0 amide bonds. The lowest BCUT2D eigenvalue weighted by molar-refractivity contribution is 0.268. The molecule has 0 fully saturated rings. The van der Waals surface area contributed by atoms with E-state index in [0.717, 1.165) is 36.3 Å². The van der Waals surface area contributed by atoms with Gasteiger partial charge in [-0.25, -0.2) is 0 Å². The highest BCUT2D eigenvalue weighted by Crippen LogP contribution is 2.34. The summed E-state index contributed by atoms with van der Waals surface area (Å²) in [5.41, 5.74) is 13.8. The first kappa shape index (κ1) is 18.8. The van der Waals surface area contributed by atoms with Gasteiger partial charge in [0, 0.05) is 18.0 Å². The van der Waals surface area contributed by atoms with E-state index in [1.165, 1.54) is 0 Å². The molecule has 4 nitrogen and oxygen atoms in total. The van der Waals surface area contributed by atoms with Crippen LogP contribution in [0.1, 0.15) is 76.6 Å². The molecule has 2 aromatic rings. The molecule has 0 saturated heterocycles. The van der Waals surface area contributed by atoms with Crippen LogP contribution >= 0.6 is 0 Å². The second-order valence-corrected chi connectivity index (χ2v) is 8.88. The Morgan fingerprint density at radius 1 is 0.958 bits per heavy atom. The fourth-order valence-corrected chi connectivity index (χ4v) is 3.19. The molecule has 24 heavy (non-hydrogen) atoms. The van der Waals surface area contributed by atoms with E-state index < -0.39 is 0 Å². The molecule has 0 saturated carbocycles. The van der Waals surface area contributed by atoms with E-state index in [2.05, 4.69) is 34.6 Å². The summed E-state index contributed by atoms with van der Waals surface area (Å²) in [6.07, 6.45) is 5.97. The summed E-state index contributed by atoms with van der Waals surface area (Å²) in [6.45, 7) is 11.0. The molecule has 4 heteroatoms. The summed E-state index contributed by atoms with van der Waals surface area (Å²) < 4.78 is 11.1. The number of hydrogen-bond donors (Lipinski definition) is 2. The van der Waals surface area contributed by atoms with E-state index in [4.69, 9.17) is 20.3 Å². The minimum atomic E-state index is -0.0601. The van der Waals surface area contributed by atoms with Crippen LogP contribution in [0.15, 0.2) is 39.6 Å². The number of furan rings is 2. The Bertz CT molecular complexity index is 620. The van der Waals surface area contributed by atoms with Crippen LogP contribution in [0.3, 0.4) is 0 Å². The van der Waals surface area contributed by atoms with Crippen LogP contribution in [0.4, 0.5) is 0 Å². The number of nitrogens with two attached hydrogens (primary N) is 2. The molecule has 2 aromatic heterocycles. The second-order valence-electron chi connectivity index (χ2n) is 8.88. The molecule has 2 heterocycles. The van der Waals surface area contributed by atoms with Gasteiger partial charge in [-0.05, 0) is 41.9 Å². The van der Waals surface area contributed by atoms with E-state index in [0.29, 0.717) is 0 Å². The first-order chi connectivity index (χ1) is 11.1. The Kier molecular flexibility index (Phi) is 5.61. The minimum Gasteiger partial charge on any atom is -0.472 e. The second kappa shape index (κ2) is 7.16. The molecule has 2 rings (SSSR count). The van der Waals surface area contributed by atoms with Gasteiger partial charge in [0.05, 0.1) is 18.6 Å². The van der Waals surface area contributed by atoms with Crippen molar-refractivity contribution < 1.29 is 8.83 Å². The van der Waals surface area contributed by atoms with Crippen LogP contribution in [0.25, 0.3) is 0 Å². The van der Waals surface area contributed by atoms with Crippen LogP contribution in [0.2, 0.25) is 0 Å². The number of hydrogen-bond acceptors (Lipinski definition) is 4. The van der Waals surface area contributed by atoms with E-state index in [1.807, 2.05) is 18.2 Å². The van der Waals surface area contributed by atoms with Gasteiger partial charge < -0.3 is 20.3 Å². The zero-order chi connectivity index (χ0) is 18.0. The van der Waals surface area contributed by atoms with Gasteiger partial charge in [0.15, 0.2) is 0 Å². The van der Waals surface area contributed by atoms with Gasteiger partial charge in [0.2, 0.25) is 0 Å². The SMILES string of the molecule is CC(C)(C)CC(N)c1ccc(CC(C)(C)CC(N)c2ccoc2)o1. The molecule has 0 spiro atoms. The van der Waals surface area contributed by atoms with Crippen LogP contribution in [0, 0.1) is 10.8 Å². The minimum absolute atomic E-state index is 0.0277. The van der Waals surface area contributed by atoms with Crippen LogP contribution in [-0.2, 0) is 6.42 Å². The van der Waals surface area contributed by atoms with Crippen molar-refractivity contribution in [2.24, 2.45) is 22.3 Å². The highest BCUT2D eigenvalue weighted by atomic mass is 16.3. The fraction of sp³-hybridized carbons (Fsp3) is 0.600. The maximum atomic E-state index is 6.29. The summed E-state index contributed by atoms with van der Waals surface area (Å²) in [4.78, 5) is 0. The summed E-state index contributed by atoms with van der Waals surface area (Å²) in [7, 11) is 0. The molecule has 134 valence electrons. The highest BCUT2D eigenvalue weighted by molar-refractivity contribution is 5.14. The van der Waals surface area contributed by atoms with Gasteiger partial charge in [-0.15, -0.1) is 0 Å².